The van der Waals surface area contributed by atoms with E-state index in [2.05, 4.69) is 13.8 Å². The summed E-state index contributed by atoms with van der Waals surface area (Å²) in [4.78, 5) is 0. The van der Waals surface area contributed by atoms with E-state index in [0.29, 0.717) is 5.75 Å². The van der Waals surface area contributed by atoms with Gasteiger partial charge < -0.3 is 5.11 Å². The highest BCUT2D eigenvalue weighted by Gasteiger charge is 2.04. The summed E-state index contributed by atoms with van der Waals surface area (Å²) in [5.74, 6) is 0.345. The molecule has 0 saturated heterocycles. The molecule has 0 aliphatic carbocycles. The molecule has 0 heterocycles. The van der Waals surface area contributed by atoms with Gasteiger partial charge in [0.2, 0.25) is 0 Å². The van der Waals surface area contributed by atoms with Crippen molar-refractivity contribution in [2.75, 3.05) is 0 Å². The van der Waals surface area contributed by atoms with Crippen LogP contribution in [0.2, 0.25) is 0 Å². The molecular formula is C13H13O. The molecule has 0 aliphatic rings. The Balaban J connectivity index is 2.88. The lowest BCUT2D eigenvalue weighted by Crippen LogP contribution is -1.88. The Morgan fingerprint density at radius 2 is 1.93 bits per heavy atom. The first-order chi connectivity index (χ1) is 6.74. The zero-order valence-electron chi connectivity index (χ0n) is 8.25. The number of hydrogen-bond acceptors (Lipinski definition) is 1. The predicted octanol–water partition coefficient (Wildman–Crippen LogP) is 3.23. The van der Waals surface area contributed by atoms with Crippen molar-refractivity contribution in [3.63, 3.8) is 0 Å². The lowest BCUT2D eigenvalue weighted by Gasteiger charge is -2.08. The number of aryl methyl sites for hydroxylation is 1. The lowest BCUT2D eigenvalue weighted by molar-refractivity contribution is 0.481. The van der Waals surface area contributed by atoms with E-state index in [-0.39, 0.29) is 0 Å². The molecule has 0 atom stereocenters. The van der Waals surface area contributed by atoms with Crippen molar-refractivity contribution in [1.82, 2.24) is 0 Å². The molecule has 0 unspecified atom stereocenters. The zero-order chi connectivity index (χ0) is 10.1. The van der Waals surface area contributed by atoms with Gasteiger partial charge in [0.1, 0.15) is 5.75 Å². The highest BCUT2D eigenvalue weighted by Crippen LogP contribution is 2.28. The van der Waals surface area contributed by atoms with Crippen LogP contribution in [0, 0.1) is 13.8 Å². The molecular weight excluding hydrogens is 172 g/mol. The number of phenolic OH excluding ortho intramolecular Hbond substituents is 1. The highest BCUT2D eigenvalue weighted by molar-refractivity contribution is 5.91. The summed E-state index contributed by atoms with van der Waals surface area (Å²) < 4.78 is 0. The van der Waals surface area contributed by atoms with E-state index in [0.717, 1.165) is 17.2 Å². The second kappa shape index (κ2) is 3.33. The maximum atomic E-state index is 9.66. The van der Waals surface area contributed by atoms with Crippen LogP contribution in [0.15, 0.2) is 30.3 Å². The van der Waals surface area contributed by atoms with Crippen molar-refractivity contribution in [2.24, 2.45) is 0 Å². The molecule has 0 aliphatic heterocycles. The Bertz CT molecular complexity index is 472. The highest BCUT2D eigenvalue weighted by atomic mass is 16.3. The molecule has 14 heavy (non-hydrogen) atoms. The first-order valence-corrected chi connectivity index (χ1v) is 4.73. The first kappa shape index (κ1) is 9.07. The summed E-state index contributed by atoms with van der Waals surface area (Å²) in [6.45, 7) is 5.99. The Morgan fingerprint density at radius 1 is 1.14 bits per heavy atom. The first-order valence-electron chi connectivity index (χ1n) is 4.73. The van der Waals surface area contributed by atoms with E-state index in [9.17, 15) is 5.11 Å². The van der Waals surface area contributed by atoms with Gasteiger partial charge in [-0.2, -0.15) is 0 Å². The number of fused-ring (bicyclic) bond motifs is 1. The molecule has 0 spiro atoms. The summed E-state index contributed by atoms with van der Waals surface area (Å²) in [5, 5.41) is 11.7. The third kappa shape index (κ3) is 1.25. The van der Waals surface area contributed by atoms with Crippen LogP contribution >= 0.6 is 0 Å². The predicted molar refractivity (Wildman–Crippen MR) is 59.4 cm³/mol. The third-order valence-electron chi connectivity index (χ3n) is 2.63. The minimum atomic E-state index is 0.345. The van der Waals surface area contributed by atoms with Gasteiger partial charge in [-0.25, -0.2) is 0 Å². The molecule has 71 valence electrons. The minimum absolute atomic E-state index is 0.345. The molecule has 0 fully saturated rings. The van der Waals surface area contributed by atoms with E-state index in [1.807, 2.05) is 24.3 Å². The summed E-state index contributed by atoms with van der Waals surface area (Å²) in [7, 11) is 0. The lowest BCUT2D eigenvalue weighted by atomic mass is 9.97. The van der Waals surface area contributed by atoms with Crippen LogP contribution in [-0.4, -0.2) is 5.11 Å². The van der Waals surface area contributed by atoms with Crippen LogP contribution in [0.1, 0.15) is 11.1 Å². The second-order valence-electron chi connectivity index (χ2n) is 3.48. The van der Waals surface area contributed by atoms with E-state index < -0.39 is 0 Å². The van der Waals surface area contributed by atoms with Crippen molar-refractivity contribution in [3.8, 4) is 5.75 Å². The summed E-state index contributed by atoms with van der Waals surface area (Å²) in [6.07, 6.45) is 0.757. The minimum Gasteiger partial charge on any atom is -0.507 e. The van der Waals surface area contributed by atoms with Crippen molar-refractivity contribution >= 4 is 10.8 Å². The average molecular weight is 185 g/mol. The Hall–Kier alpha value is -1.50. The van der Waals surface area contributed by atoms with E-state index in [1.165, 1.54) is 11.1 Å². The van der Waals surface area contributed by atoms with Crippen LogP contribution in [0.4, 0.5) is 0 Å². The van der Waals surface area contributed by atoms with Crippen LogP contribution < -0.4 is 0 Å². The molecule has 1 nitrogen and oxygen atoms in total. The second-order valence-corrected chi connectivity index (χ2v) is 3.48. The number of benzene rings is 2. The zero-order valence-corrected chi connectivity index (χ0v) is 8.25. The molecule has 1 heteroatoms. The topological polar surface area (TPSA) is 20.2 Å². The maximum Gasteiger partial charge on any atom is 0.123 e. The largest absolute Gasteiger partial charge is 0.507 e. The summed E-state index contributed by atoms with van der Waals surface area (Å²) >= 11 is 0. The molecule has 2 aromatic rings. The Kier molecular flexibility index (Phi) is 2.16. The SMILES string of the molecule is [CH2]Cc1c(C)ccc2c(O)cccc12. The van der Waals surface area contributed by atoms with Gasteiger partial charge in [-0.05, 0) is 42.8 Å². The van der Waals surface area contributed by atoms with Crippen LogP contribution in [0.3, 0.4) is 0 Å². The molecule has 0 aromatic heterocycles. The van der Waals surface area contributed by atoms with Crippen molar-refractivity contribution in [2.45, 2.75) is 13.3 Å². The van der Waals surface area contributed by atoms with Gasteiger partial charge >= 0.3 is 0 Å². The van der Waals surface area contributed by atoms with Crippen LogP contribution in [-0.2, 0) is 6.42 Å². The number of aromatic hydroxyl groups is 1. The monoisotopic (exact) mass is 185 g/mol. The van der Waals surface area contributed by atoms with Crippen LogP contribution in [0.25, 0.3) is 10.8 Å². The molecule has 1 radical (unpaired) electrons. The fourth-order valence-corrected chi connectivity index (χ4v) is 1.84. The molecule has 0 bridgehead atoms. The van der Waals surface area contributed by atoms with E-state index in [4.69, 9.17) is 0 Å². The molecule has 2 aromatic carbocycles. The number of hydrogen-bond donors (Lipinski definition) is 1. The van der Waals surface area contributed by atoms with Gasteiger partial charge in [-0.15, -0.1) is 0 Å². The average Bonchev–Trinajstić information content (AvgIpc) is 2.18. The van der Waals surface area contributed by atoms with Gasteiger partial charge in [-0.3, -0.25) is 0 Å². The van der Waals surface area contributed by atoms with Gasteiger partial charge in [0, 0.05) is 5.39 Å². The fourth-order valence-electron chi connectivity index (χ4n) is 1.84. The number of rotatable bonds is 1. The number of phenols is 1. The quantitative estimate of drug-likeness (QED) is 0.723. The maximum absolute atomic E-state index is 9.66. The summed E-state index contributed by atoms with van der Waals surface area (Å²) in [5.41, 5.74) is 2.46. The van der Waals surface area contributed by atoms with Crippen molar-refractivity contribution in [1.29, 1.82) is 0 Å². The van der Waals surface area contributed by atoms with Gasteiger partial charge in [0.05, 0.1) is 0 Å². The standard InChI is InChI=1S/C13H13O/c1-3-10-9(2)7-8-12-11(10)5-4-6-13(12)14/h4-8,14H,1,3H2,2H3. The molecule has 0 saturated carbocycles. The van der Waals surface area contributed by atoms with Crippen molar-refractivity contribution in [3.05, 3.63) is 48.4 Å². The van der Waals surface area contributed by atoms with Gasteiger partial charge in [-0.1, -0.05) is 24.3 Å². The van der Waals surface area contributed by atoms with Crippen LogP contribution in [0.5, 0.6) is 5.75 Å². The summed E-state index contributed by atoms with van der Waals surface area (Å²) in [6, 6.07) is 9.60. The molecule has 1 N–H and O–H groups in total. The smallest absolute Gasteiger partial charge is 0.123 e. The van der Waals surface area contributed by atoms with E-state index >= 15 is 0 Å². The third-order valence-corrected chi connectivity index (χ3v) is 2.63. The van der Waals surface area contributed by atoms with Gasteiger partial charge in [0.25, 0.3) is 0 Å². The van der Waals surface area contributed by atoms with E-state index in [1.54, 1.807) is 6.07 Å². The van der Waals surface area contributed by atoms with Crippen molar-refractivity contribution < 1.29 is 5.11 Å². The normalized spacial score (nSPS) is 10.7. The Labute approximate surface area is 84.0 Å². The Morgan fingerprint density at radius 3 is 2.64 bits per heavy atom. The van der Waals surface area contributed by atoms with Gasteiger partial charge in [0.15, 0.2) is 0 Å². The molecule has 0 amide bonds. The fraction of sp³-hybridized carbons (Fsp3) is 0.154. The molecule has 2 rings (SSSR count).